The van der Waals surface area contributed by atoms with Crippen LogP contribution in [0.1, 0.15) is 23.0 Å². The molecular weight excluding hydrogens is 361 g/mol. The predicted octanol–water partition coefficient (Wildman–Crippen LogP) is 3.23. The van der Waals surface area contributed by atoms with E-state index >= 15 is 0 Å². The first-order valence-electron chi connectivity index (χ1n) is 5.67. The van der Waals surface area contributed by atoms with Crippen LogP contribution in [-0.2, 0) is 13.5 Å². The van der Waals surface area contributed by atoms with E-state index < -0.39 is 0 Å². The molecule has 1 atom stereocenters. The molecule has 0 fully saturated rings. The highest BCUT2D eigenvalue weighted by Gasteiger charge is 2.11. The lowest BCUT2D eigenvalue weighted by Crippen LogP contribution is -2.15. The molecule has 2 aromatic rings. The first-order chi connectivity index (χ1) is 8.47. The van der Waals surface area contributed by atoms with E-state index in [-0.39, 0.29) is 6.04 Å². The number of benzene rings is 1. The van der Waals surface area contributed by atoms with Crippen LogP contribution in [0.5, 0.6) is 0 Å². The van der Waals surface area contributed by atoms with Crippen LogP contribution < -0.4 is 5.73 Å². The summed E-state index contributed by atoms with van der Waals surface area (Å²) >= 11 is 8.33. The van der Waals surface area contributed by atoms with Gasteiger partial charge in [-0.3, -0.25) is 4.68 Å². The number of hydrogen-bond acceptors (Lipinski definition) is 2. The highest BCUT2D eigenvalue weighted by atomic mass is 127. The van der Waals surface area contributed by atoms with Crippen molar-refractivity contribution < 1.29 is 0 Å². The third kappa shape index (κ3) is 3.05. The van der Waals surface area contributed by atoms with Crippen LogP contribution in [0.4, 0.5) is 0 Å². The Balaban J connectivity index is 2.19. The van der Waals surface area contributed by atoms with Gasteiger partial charge in [0.05, 0.1) is 10.7 Å². The smallest absolute Gasteiger partial charge is 0.0596 e. The molecule has 96 valence electrons. The zero-order chi connectivity index (χ0) is 13.3. The summed E-state index contributed by atoms with van der Waals surface area (Å²) in [6.07, 6.45) is 0.758. The van der Waals surface area contributed by atoms with Crippen LogP contribution in [-0.4, -0.2) is 9.78 Å². The lowest BCUT2D eigenvalue weighted by atomic mass is 10.0. The van der Waals surface area contributed by atoms with Crippen molar-refractivity contribution in [3.8, 4) is 0 Å². The van der Waals surface area contributed by atoms with Crippen LogP contribution in [0, 0.1) is 10.5 Å². The molecule has 0 aliphatic rings. The van der Waals surface area contributed by atoms with E-state index in [4.69, 9.17) is 17.3 Å². The fraction of sp³-hybridized carbons (Fsp3) is 0.308. The molecule has 18 heavy (non-hydrogen) atoms. The van der Waals surface area contributed by atoms with Crippen LogP contribution >= 0.6 is 34.2 Å². The van der Waals surface area contributed by atoms with Gasteiger partial charge >= 0.3 is 0 Å². The first-order valence-corrected chi connectivity index (χ1v) is 7.13. The molecule has 0 aliphatic heterocycles. The maximum absolute atomic E-state index is 6.22. The summed E-state index contributed by atoms with van der Waals surface area (Å²) in [5.74, 6) is 0. The Bertz CT molecular complexity index is 565. The summed E-state index contributed by atoms with van der Waals surface area (Å²) in [5, 5.41) is 5.08. The number of halogens is 2. The topological polar surface area (TPSA) is 43.8 Å². The van der Waals surface area contributed by atoms with Gasteiger partial charge < -0.3 is 5.73 Å². The molecule has 0 saturated carbocycles. The molecule has 0 spiro atoms. The average molecular weight is 376 g/mol. The summed E-state index contributed by atoms with van der Waals surface area (Å²) in [5.41, 5.74) is 9.42. The lowest BCUT2D eigenvalue weighted by Gasteiger charge is -2.13. The van der Waals surface area contributed by atoms with E-state index in [0.29, 0.717) is 0 Å². The standard InChI is InChI=1S/C13H15ClIN3/c1-8-5-10(18(2)17-8)7-13(16)9-3-4-12(15)11(14)6-9/h3-6,13H,7,16H2,1-2H3. The van der Waals surface area contributed by atoms with Crippen LogP contribution in [0.2, 0.25) is 5.02 Å². The van der Waals surface area contributed by atoms with Gasteiger partial charge in [0.25, 0.3) is 0 Å². The van der Waals surface area contributed by atoms with E-state index in [1.165, 1.54) is 0 Å². The normalized spacial score (nSPS) is 12.7. The highest BCUT2D eigenvalue weighted by Crippen LogP contribution is 2.24. The van der Waals surface area contributed by atoms with Gasteiger partial charge in [0, 0.05) is 28.8 Å². The van der Waals surface area contributed by atoms with Gasteiger partial charge in [-0.15, -0.1) is 0 Å². The highest BCUT2D eigenvalue weighted by molar-refractivity contribution is 14.1. The van der Waals surface area contributed by atoms with Crippen LogP contribution in [0.15, 0.2) is 24.3 Å². The molecule has 0 amide bonds. The van der Waals surface area contributed by atoms with Crippen LogP contribution in [0.3, 0.4) is 0 Å². The number of nitrogens with two attached hydrogens (primary N) is 1. The minimum atomic E-state index is -0.0608. The minimum absolute atomic E-state index is 0.0608. The zero-order valence-corrected chi connectivity index (χ0v) is 13.2. The zero-order valence-electron chi connectivity index (χ0n) is 10.3. The Hall–Kier alpha value is -0.590. The number of aromatic nitrogens is 2. The molecule has 0 saturated heterocycles. The number of nitrogens with zero attached hydrogens (tertiary/aromatic N) is 2. The van der Waals surface area contributed by atoms with Crippen molar-refractivity contribution in [3.05, 3.63) is 49.8 Å². The van der Waals surface area contributed by atoms with Gasteiger partial charge in [-0.1, -0.05) is 17.7 Å². The molecule has 5 heteroatoms. The maximum Gasteiger partial charge on any atom is 0.0596 e. The molecule has 1 aromatic carbocycles. The molecule has 0 radical (unpaired) electrons. The fourth-order valence-corrected chi connectivity index (χ4v) is 2.47. The molecule has 1 aromatic heterocycles. The van der Waals surface area contributed by atoms with Crippen LogP contribution in [0.25, 0.3) is 0 Å². The monoisotopic (exact) mass is 375 g/mol. The van der Waals surface area contributed by atoms with Gasteiger partial charge in [0.2, 0.25) is 0 Å². The largest absolute Gasteiger partial charge is 0.324 e. The Labute approximate surface area is 125 Å². The second kappa shape index (κ2) is 5.59. The van der Waals surface area contributed by atoms with E-state index in [1.54, 1.807) is 0 Å². The third-order valence-electron chi connectivity index (χ3n) is 2.90. The number of aryl methyl sites for hydroxylation is 2. The Morgan fingerprint density at radius 3 is 2.72 bits per heavy atom. The minimum Gasteiger partial charge on any atom is -0.324 e. The number of hydrogen-bond donors (Lipinski definition) is 1. The summed E-state index contributed by atoms with van der Waals surface area (Å²) in [4.78, 5) is 0. The SMILES string of the molecule is Cc1cc(CC(N)c2ccc(I)c(Cl)c2)n(C)n1. The quantitative estimate of drug-likeness (QED) is 0.837. The lowest BCUT2D eigenvalue weighted by molar-refractivity contribution is 0.639. The second-order valence-corrected chi connectivity index (χ2v) is 5.95. The molecule has 2 rings (SSSR count). The molecule has 3 nitrogen and oxygen atoms in total. The summed E-state index contributed by atoms with van der Waals surface area (Å²) in [6, 6.07) is 7.97. The predicted molar refractivity (Wildman–Crippen MR) is 82.7 cm³/mol. The van der Waals surface area contributed by atoms with Crippen molar-refractivity contribution in [3.63, 3.8) is 0 Å². The maximum atomic E-state index is 6.22. The Kier molecular flexibility index (Phi) is 4.29. The first kappa shape index (κ1) is 13.8. The van der Waals surface area contributed by atoms with E-state index in [1.807, 2.05) is 36.9 Å². The Morgan fingerprint density at radius 2 is 2.17 bits per heavy atom. The van der Waals surface area contributed by atoms with Gasteiger partial charge in [-0.25, -0.2) is 0 Å². The van der Waals surface area contributed by atoms with E-state index in [2.05, 4.69) is 33.8 Å². The van der Waals surface area contributed by atoms with Crippen molar-refractivity contribution in [2.45, 2.75) is 19.4 Å². The van der Waals surface area contributed by atoms with Crippen molar-refractivity contribution in [2.24, 2.45) is 12.8 Å². The third-order valence-corrected chi connectivity index (χ3v) is 4.47. The second-order valence-electron chi connectivity index (χ2n) is 4.38. The summed E-state index contributed by atoms with van der Waals surface area (Å²) in [7, 11) is 1.94. The van der Waals surface area contributed by atoms with Gasteiger partial charge in [-0.2, -0.15) is 5.10 Å². The summed E-state index contributed by atoms with van der Waals surface area (Å²) in [6.45, 7) is 1.98. The molecule has 1 heterocycles. The van der Waals surface area contributed by atoms with E-state index in [9.17, 15) is 0 Å². The molecular formula is C13H15ClIN3. The van der Waals surface area contributed by atoms with Crippen molar-refractivity contribution in [1.82, 2.24) is 9.78 Å². The van der Waals surface area contributed by atoms with Crippen molar-refractivity contribution in [1.29, 1.82) is 0 Å². The number of rotatable bonds is 3. The Morgan fingerprint density at radius 1 is 1.44 bits per heavy atom. The van der Waals surface area contributed by atoms with Gasteiger partial charge in [0.15, 0.2) is 0 Å². The van der Waals surface area contributed by atoms with Gasteiger partial charge in [0.1, 0.15) is 0 Å². The molecule has 2 N–H and O–H groups in total. The molecule has 1 unspecified atom stereocenters. The van der Waals surface area contributed by atoms with E-state index in [0.717, 1.165) is 32.0 Å². The molecule has 0 bridgehead atoms. The van der Waals surface area contributed by atoms with Gasteiger partial charge in [-0.05, 0) is 53.3 Å². The molecule has 0 aliphatic carbocycles. The fourth-order valence-electron chi connectivity index (χ4n) is 1.94. The van der Waals surface area contributed by atoms with Crippen molar-refractivity contribution in [2.75, 3.05) is 0 Å². The summed E-state index contributed by atoms with van der Waals surface area (Å²) < 4.78 is 2.92. The average Bonchev–Trinajstić information content (AvgIpc) is 2.61. The van der Waals surface area contributed by atoms with Crippen molar-refractivity contribution >= 4 is 34.2 Å².